The Hall–Kier alpha value is -0.650. The number of aliphatic carboxylic acids is 1. The summed E-state index contributed by atoms with van der Waals surface area (Å²) in [7, 11) is 4.23. The summed E-state index contributed by atoms with van der Waals surface area (Å²) < 4.78 is 0. The third kappa shape index (κ3) is 2.61. The van der Waals surface area contributed by atoms with E-state index >= 15 is 0 Å². The lowest BCUT2D eigenvalue weighted by Crippen LogP contribution is -2.69. The Balaban J connectivity index is 1.93. The van der Waals surface area contributed by atoms with E-state index in [2.05, 4.69) is 29.2 Å². The molecule has 2 aliphatic rings. The number of likely N-dealkylation sites (tertiary alicyclic amines) is 1. The first-order valence-corrected chi connectivity index (χ1v) is 6.37. The molecule has 0 saturated carbocycles. The standard InChI is InChI=1S/C12H23N3O2/c1-14-5-3-4-10(14)7-15(2)12(6-11(16)17)8-13-9-12/h10,13H,3-9H2,1-2H3,(H,16,17). The van der Waals surface area contributed by atoms with Gasteiger partial charge in [-0.05, 0) is 33.5 Å². The van der Waals surface area contributed by atoms with Gasteiger partial charge in [-0.15, -0.1) is 0 Å². The topological polar surface area (TPSA) is 55.8 Å². The highest BCUT2D eigenvalue weighted by molar-refractivity contribution is 5.68. The summed E-state index contributed by atoms with van der Waals surface area (Å²) in [4.78, 5) is 15.6. The van der Waals surface area contributed by atoms with Crippen LogP contribution in [0.15, 0.2) is 0 Å². The van der Waals surface area contributed by atoms with E-state index in [0.717, 1.165) is 19.6 Å². The summed E-state index contributed by atoms with van der Waals surface area (Å²) in [5.74, 6) is -0.696. The fraction of sp³-hybridized carbons (Fsp3) is 0.917. The Morgan fingerprint density at radius 2 is 2.29 bits per heavy atom. The van der Waals surface area contributed by atoms with Crippen molar-refractivity contribution in [2.45, 2.75) is 30.8 Å². The molecular formula is C12H23N3O2. The van der Waals surface area contributed by atoms with Crippen molar-refractivity contribution in [2.75, 3.05) is 40.3 Å². The molecule has 0 aromatic carbocycles. The third-order valence-corrected chi connectivity index (χ3v) is 4.35. The molecule has 0 amide bonds. The quantitative estimate of drug-likeness (QED) is 0.700. The molecule has 1 unspecified atom stereocenters. The van der Waals surface area contributed by atoms with Gasteiger partial charge in [0.25, 0.3) is 0 Å². The molecule has 1 atom stereocenters. The van der Waals surface area contributed by atoms with Crippen molar-refractivity contribution >= 4 is 5.97 Å². The van der Waals surface area contributed by atoms with E-state index in [0.29, 0.717) is 6.04 Å². The minimum Gasteiger partial charge on any atom is -0.481 e. The Labute approximate surface area is 103 Å². The van der Waals surface area contributed by atoms with Crippen LogP contribution in [0.1, 0.15) is 19.3 Å². The molecule has 5 nitrogen and oxygen atoms in total. The second-order valence-electron chi connectivity index (χ2n) is 5.56. The van der Waals surface area contributed by atoms with Crippen molar-refractivity contribution in [1.29, 1.82) is 0 Å². The van der Waals surface area contributed by atoms with Crippen molar-refractivity contribution in [3.8, 4) is 0 Å². The lowest BCUT2D eigenvalue weighted by molar-refractivity contribution is -0.141. The highest BCUT2D eigenvalue weighted by Crippen LogP contribution is 2.26. The molecule has 98 valence electrons. The number of carboxylic acids is 1. The second kappa shape index (κ2) is 4.92. The predicted octanol–water partition coefficient (Wildman–Crippen LogP) is -0.171. The van der Waals surface area contributed by atoms with E-state index in [9.17, 15) is 4.79 Å². The van der Waals surface area contributed by atoms with Crippen molar-refractivity contribution < 1.29 is 9.90 Å². The second-order valence-corrected chi connectivity index (χ2v) is 5.56. The minimum atomic E-state index is -0.696. The third-order valence-electron chi connectivity index (χ3n) is 4.35. The molecule has 2 saturated heterocycles. The fourth-order valence-electron chi connectivity index (χ4n) is 2.94. The number of likely N-dealkylation sites (N-methyl/N-ethyl adjacent to an activating group) is 2. The van der Waals surface area contributed by atoms with Gasteiger partial charge in [-0.1, -0.05) is 0 Å². The lowest BCUT2D eigenvalue weighted by Gasteiger charge is -2.49. The maximum Gasteiger partial charge on any atom is 0.305 e. The van der Waals surface area contributed by atoms with Crippen LogP contribution in [0.3, 0.4) is 0 Å². The van der Waals surface area contributed by atoms with Gasteiger partial charge < -0.3 is 15.3 Å². The maximum absolute atomic E-state index is 10.9. The van der Waals surface area contributed by atoms with E-state index in [-0.39, 0.29) is 12.0 Å². The number of carbonyl (C=O) groups is 1. The van der Waals surface area contributed by atoms with Gasteiger partial charge in [-0.25, -0.2) is 0 Å². The van der Waals surface area contributed by atoms with Crippen LogP contribution >= 0.6 is 0 Å². The summed E-state index contributed by atoms with van der Waals surface area (Å²) in [5.41, 5.74) is -0.157. The minimum absolute atomic E-state index is 0.157. The van der Waals surface area contributed by atoms with Crippen LogP contribution in [0.5, 0.6) is 0 Å². The first-order valence-electron chi connectivity index (χ1n) is 6.37. The van der Waals surface area contributed by atoms with Crippen molar-refractivity contribution in [3.63, 3.8) is 0 Å². The van der Waals surface area contributed by atoms with E-state index < -0.39 is 5.97 Å². The first kappa shape index (κ1) is 12.8. The molecule has 0 radical (unpaired) electrons. The van der Waals surface area contributed by atoms with Crippen LogP contribution in [-0.4, -0.2) is 72.7 Å². The Morgan fingerprint density at radius 3 is 2.71 bits per heavy atom. The number of hydrogen-bond donors (Lipinski definition) is 2. The molecule has 2 aliphatic heterocycles. The summed E-state index contributed by atoms with van der Waals surface area (Å²) in [5, 5.41) is 12.2. The van der Waals surface area contributed by atoms with E-state index in [1.54, 1.807) is 0 Å². The summed E-state index contributed by atoms with van der Waals surface area (Å²) >= 11 is 0. The zero-order valence-electron chi connectivity index (χ0n) is 10.8. The van der Waals surface area contributed by atoms with Gasteiger partial charge in [0.05, 0.1) is 12.0 Å². The molecule has 2 heterocycles. The SMILES string of the molecule is CN1CCCC1CN(C)C1(CC(=O)O)CNC1. The average Bonchev–Trinajstić information content (AvgIpc) is 2.58. The van der Waals surface area contributed by atoms with Gasteiger partial charge in [0.1, 0.15) is 0 Å². The normalized spacial score (nSPS) is 28.3. The van der Waals surface area contributed by atoms with Gasteiger partial charge in [-0.3, -0.25) is 9.69 Å². The van der Waals surface area contributed by atoms with Crippen molar-refractivity contribution in [2.24, 2.45) is 0 Å². The van der Waals surface area contributed by atoms with Crippen molar-refractivity contribution in [1.82, 2.24) is 15.1 Å². The summed E-state index contributed by atoms with van der Waals surface area (Å²) in [6.07, 6.45) is 2.74. The van der Waals surface area contributed by atoms with Gasteiger partial charge in [-0.2, -0.15) is 0 Å². The fourth-order valence-corrected chi connectivity index (χ4v) is 2.94. The van der Waals surface area contributed by atoms with Gasteiger partial charge in [0, 0.05) is 25.7 Å². The predicted molar refractivity (Wildman–Crippen MR) is 66.1 cm³/mol. The highest BCUT2D eigenvalue weighted by Gasteiger charge is 2.43. The Kier molecular flexibility index (Phi) is 3.70. The molecule has 0 aromatic heterocycles. The van der Waals surface area contributed by atoms with Crippen LogP contribution in [0.2, 0.25) is 0 Å². The molecular weight excluding hydrogens is 218 g/mol. The summed E-state index contributed by atoms with van der Waals surface area (Å²) in [6, 6.07) is 0.589. The maximum atomic E-state index is 10.9. The zero-order valence-corrected chi connectivity index (χ0v) is 10.8. The largest absolute Gasteiger partial charge is 0.481 e. The van der Waals surface area contributed by atoms with Crippen LogP contribution in [0.4, 0.5) is 0 Å². The highest BCUT2D eigenvalue weighted by atomic mass is 16.4. The van der Waals surface area contributed by atoms with Gasteiger partial charge >= 0.3 is 5.97 Å². The zero-order chi connectivity index (χ0) is 12.5. The Bertz CT molecular complexity index is 291. The Morgan fingerprint density at radius 1 is 1.59 bits per heavy atom. The molecule has 2 rings (SSSR count). The van der Waals surface area contributed by atoms with Gasteiger partial charge in [0.15, 0.2) is 0 Å². The monoisotopic (exact) mass is 241 g/mol. The van der Waals surface area contributed by atoms with E-state index in [1.165, 1.54) is 19.4 Å². The molecule has 2 N–H and O–H groups in total. The van der Waals surface area contributed by atoms with Crippen LogP contribution in [-0.2, 0) is 4.79 Å². The molecule has 17 heavy (non-hydrogen) atoms. The van der Waals surface area contributed by atoms with Crippen LogP contribution in [0, 0.1) is 0 Å². The van der Waals surface area contributed by atoms with Crippen LogP contribution in [0.25, 0.3) is 0 Å². The molecule has 5 heteroatoms. The molecule has 0 aliphatic carbocycles. The lowest BCUT2D eigenvalue weighted by atomic mass is 9.86. The molecule has 0 bridgehead atoms. The van der Waals surface area contributed by atoms with E-state index in [4.69, 9.17) is 5.11 Å². The summed E-state index contributed by atoms with van der Waals surface area (Å²) in [6.45, 7) is 3.74. The first-order chi connectivity index (χ1) is 8.03. The molecule has 2 fully saturated rings. The average molecular weight is 241 g/mol. The smallest absolute Gasteiger partial charge is 0.305 e. The van der Waals surface area contributed by atoms with Crippen LogP contribution < -0.4 is 5.32 Å². The number of nitrogens with zero attached hydrogens (tertiary/aromatic N) is 2. The van der Waals surface area contributed by atoms with E-state index in [1.807, 2.05) is 0 Å². The number of nitrogens with one attached hydrogen (secondary N) is 1. The number of carboxylic acid groups (broad SMARTS) is 1. The number of rotatable bonds is 5. The van der Waals surface area contributed by atoms with Gasteiger partial charge in [0.2, 0.25) is 0 Å². The molecule has 0 spiro atoms. The number of hydrogen-bond acceptors (Lipinski definition) is 4. The molecule has 0 aromatic rings. The van der Waals surface area contributed by atoms with Crippen molar-refractivity contribution in [3.05, 3.63) is 0 Å².